The molecule has 92 valence electrons. The van der Waals surface area contributed by atoms with Crippen molar-refractivity contribution in [2.75, 3.05) is 0 Å². The van der Waals surface area contributed by atoms with Gasteiger partial charge in [0.15, 0.2) is 0 Å². The van der Waals surface area contributed by atoms with E-state index in [-0.39, 0.29) is 24.4 Å². The fourth-order valence-corrected chi connectivity index (χ4v) is 12.5. The van der Waals surface area contributed by atoms with Gasteiger partial charge in [-0.2, -0.15) is 0 Å². The zero-order chi connectivity index (χ0) is 11.4. The normalized spacial score (nSPS) is 15.1. The van der Waals surface area contributed by atoms with E-state index in [1.165, 1.54) is 12.5 Å². The molecule has 1 aromatic carbocycles. The third-order valence-corrected chi connectivity index (χ3v) is 17.8. The quantitative estimate of drug-likeness (QED) is 0.725. The van der Waals surface area contributed by atoms with Crippen LogP contribution in [0.5, 0.6) is 0 Å². The summed E-state index contributed by atoms with van der Waals surface area (Å²) in [6.07, 6.45) is 8.23. The van der Waals surface area contributed by atoms with Gasteiger partial charge in [-0.05, 0) is 0 Å². The van der Waals surface area contributed by atoms with Crippen molar-refractivity contribution >= 4 is 24.4 Å². The van der Waals surface area contributed by atoms with Gasteiger partial charge in [-0.15, -0.1) is 17.0 Å². The van der Waals surface area contributed by atoms with Crippen LogP contribution in [0.15, 0.2) is 52.4 Å². The van der Waals surface area contributed by atoms with Crippen LogP contribution in [0.1, 0.15) is 12.0 Å². The molecule has 0 atom stereocenters. The zero-order valence-electron chi connectivity index (χ0n) is 10.6. The molecule has 0 spiro atoms. The minimum absolute atomic E-state index is 0. The van der Waals surface area contributed by atoms with Gasteiger partial charge in [0, 0.05) is 0 Å². The van der Waals surface area contributed by atoms with Gasteiger partial charge in [-0.3, -0.25) is 0 Å². The van der Waals surface area contributed by atoms with E-state index in [2.05, 4.69) is 59.0 Å². The summed E-state index contributed by atoms with van der Waals surface area (Å²) in [5.74, 6) is 0. The van der Waals surface area contributed by atoms with E-state index < -0.39 is 15.8 Å². The Morgan fingerprint density at radius 3 is 2.47 bits per heavy atom. The van der Waals surface area contributed by atoms with E-state index in [1.807, 2.05) is 3.88 Å². The van der Waals surface area contributed by atoms with Gasteiger partial charge < -0.3 is 0 Å². The Morgan fingerprint density at radius 1 is 1.18 bits per heavy atom. The Morgan fingerprint density at radius 2 is 1.88 bits per heavy atom. The fourth-order valence-electron chi connectivity index (χ4n) is 2.21. The monoisotopic (exact) mass is 344 g/mol. The molecule has 0 heterocycles. The maximum atomic E-state index is 2.61. The Kier molecular flexibility index (Phi) is 6.15. The molecule has 1 aliphatic carbocycles. The first-order chi connectivity index (χ1) is 7.68. The molecule has 0 bridgehead atoms. The topological polar surface area (TPSA) is 0 Å². The van der Waals surface area contributed by atoms with Gasteiger partial charge in [0.05, 0.1) is 0 Å². The summed E-state index contributed by atoms with van der Waals surface area (Å²) >= 11 is -1.54. The molecule has 0 N–H and O–H groups in total. The summed E-state index contributed by atoms with van der Waals surface area (Å²) in [6.45, 7) is 0. The first-order valence-corrected chi connectivity index (χ1v) is 15.0. The summed E-state index contributed by atoms with van der Waals surface area (Å²) in [4.78, 5) is 0. The molecule has 2 rings (SSSR count). The van der Waals surface area contributed by atoms with Gasteiger partial charge in [-0.1, -0.05) is 0 Å². The summed E-state index contributed by atoms with van der Waals surface area (Å²) in [5, 5.41) is 5.21. The molecule has 0 fully saturated rings. The molecule has 0 aliphatic heterocycles. The first kappa shape index (κ1) is 15.2. The number of hydrogen-bond acceptors (Lipinski definition) is 0. The predicted octanol–water partition coefficient (Wildman–Crippen LogP) is 3.94. The van der Waals surface area contributed by atoms with Crippen LogP contribution in [-0.2, 0) is 21.9 Å². The van der Waals surface area contributed by atoms with E-state index in [0.29, 0.717) is 0 Å². The van der Waals surface area contributed by atoms with E-state index in [0.717, 1.165) is 0 Å². The second-order valence-corrected chi connectivity index (χ2v) is 22.7. The number of hydrogen-bond donors (Lipinski definition) is 0. The van der Waals surface area contributed by atoms with Crippen molar-refractivity contribution in [2.24, 2.45) is 0 Å². The van der Waals surface area contributed by atoms with Crippen molar-refractivity contribution in [3.8, 4) is 0 Å². The van der Waals surface area contributed by atoms with Crippen LogP contribution in [0.3, 0.4) is 0 Å². The van der Waals surface area contributed by atoms with Crippen molar-refractivity contribution in [3.63, 3.8) is 0 Å². The Labute approximate surface area is 120 Å². The predicted molar refractivity (Wildman–Crippen MR) is 82.6 cm³/mol. The van der Waals surface area contributed by atoms with Gasteiger partial charge in [-0.25, -0.2) is 0 Å². The van der Waals surface area contributed by atoms with E-state index >= 15 is 0 Å². The van der Waals surface area contributed by atoms with Crippen LogP contribution in [-0.4, -0.2) is 7.39 Å². The number of allylic oxidation sites excluding steroid dienone is 4. The van der Waals surface area contributed by atoms with Crippen molar-refractivity contribution in [1.82, 2.24) is 0 Å². The third-order valence-electron chi connectivity index (χ3n) is 3.52. The number of benzene rings is 1. The molecule has 3 heteroatoms. The molecule has 0 aromatic heterocycles. The molecule has 0 amide bonds. The SMILES string of the molecule is Br.[CH3][Ti]([CH3])([SiH2]Cc1ccccc1)[C]1=CC=CC1. The molecule has 0 radical (unpaired) electrons. The summed E-state index contributed by atoms with van der Waals surface area (Å²) < 4.78 is 1.82. The average molecular weight is 345 g/mol. The van der Waals surface area contributed by atoms with Crippen molar-refractivity contribution < 1.29 is 15.8 Å². The van der Waals surface area contributed by atoms with Gasteiger partial charge >= 0.3 is 104 Å². The second kappa shape index (κ2) is 6.89. The van der Waals surface area contributed by atoms with Crippen molar-refractivity contribution in [1.29, 1.82) is 0 Å². The van der Waals surface area contributed by atoms with Crippen LogP contribution in [0.25, 0.3) is 0 Å². The van der Waals surface area contributed by atoms with Crippen molar-refractivity contribution in [2.45, 2.75) is 22.9 Å². The molecular weight excluding hydrogens is 324 g/mol. The van der Waals surface area contributed by atoms with Crippen LogP contribution >= 0.6 is 17.0 Å². The standard InChI is InChI=1S/C7H9Si.C5H5.2CH3.BrH.Ti/c8-6-7-4-2-1-3-5-7;1-2-4-5-3-1;;;;/h1-5H,6,8H2;1-3H,4H2;2*1H3;1H;. The first-order valence-electron chi connectivity index (χ1n) is 6.08. The van der Waals surface area contributed by atoms with Crippen LogP contribution in [0.4, 0.5) is 0 Å². The fraction of sp³-hybridized carbons (Fsp3) is 0.286. The Balaban J connectivity index is 0.00000144. The molecule has 1 aliphatic rings. The molecule has 0 saturated heterocycles. The van der Waals surface area contributed by atoms with Crippen LogP contribution in [0.2, 0.25) is 10.5 Å². The number of halogens is 1. The Hall–Kier alpha value is 0.111. The third kappa shape index (κ3) is 4.36. The molecule has 0 nitrogen and oxygen atoms in total. The number of rotatable bonds is 4. The van der Waals surface area contributed by atoms with Gasteiger partial charge in [0.1, 0.15) is 0 Å². The summed E-state index contributed by atoms with van der Waals surface area (Å²) in [5.41, 5.74) is 1.56. The molecule has 17 heavy (non-hydrogen) atoms. The van der Waals surface area contributed by atoms with E-state index in [4.69, 9.17) is 0 Å². The molecule has 0 saturated carbocycles. The molecule has 0 unspecified atom stereocenters. The zero-order valence-corrected chi connectivity index (χ0v) is 15.3. The second-order valence-electron chi connectivity index (χ2n) is 5.19. The van der Waals surface area contributed by atoms with Gasteiger partial charge in [0.2, 0.25) is 0 Å². The van der Waals surface area contributed by atoms with Crippen molar-refractivity contribution in [3.05, 3.63) is 58.0 Å². The maximum absolute atomic E-state index is 2.61. The van der Waals surface area contributed by atoms with Crippen LogP contribution < -0.4 is 0 Å². The Bertz CT molecular complexity index is 409. The van der Waals surface area contributed by atoms with E-state index in [9.17, 15) is 0 Å². The average Bonchev–Trinajstić information content (AvgIpc) is 2.82. The molecule has 1 aromatic rings. The molecular formula is C14H21BrSiTi. The van der Waals surface area contributed by atoms with Gasteiger partial charge in [0.25, 0.3) is 0 Å². The van der Waals surface area contributed by atoms with E-state index in [1.54, 1.807) is 5.56 Å². The van der Waals surface area contributed by atoms with Crippen LogP contribution in [0, 0.1) is 0 Å². The minimum atomic E-state index is -1.54. The summed E-state index contributed by atoms with van der Waals surface area (Å²) in [7, 11) is 0.0908. The summed E-state index contributed by atoms with van der Waals surface area (Å²) in [6, 6.07) is 12.4.